The van der Waals surface area contributed by atoms with E-state index in [2.05, 4.69) is 15.4 Å². The van der Waals surface area contributed by atoms with Gasteiger partial charge in [0.15, 0.2) is 0 Å². The number of aromatic nitrogens is 3. The fourth-order valence-electron chi connectivity index (χ4n) is 3.01. The van der Waals surface area contributed by atoms with E-state index in [4.69, 9.17) is 11.6 Å². The Hall–Kier alpha value is -3.44. The average molecular weight is 403 g/mol. The van der Waals surface area contributed by atoms with Gasteiger partial charge in [-0.1, -0.05) is 48.0 Å². The number of nitrogens with one attached hydrogen (secondary N) is 1. The fraction of sp³-hybridized carbons (Fsp3) is 0.0870. The summed E-state index contributed by atoms with van der Waals surface area (Å²) in [5.74, 6) is -0.189. The first-order chi connectivity index (χ1) is 14.2. The van der Waals surface area contributed by atoms with Crippen LogP contribution in [-0.2, 0) is 6.42 Å². The minimum absolute atomic E-state index is 0.189. The largest absolute Gasteiger partial charge is 0.350 e. The van der Waals surface area contributed by atoms with E-state index in [1.165, 1.54) is 0 Å². The predicted octanol–water partition coefficient (Wildman–Crippen LogP) is 4.56. The third-order valence-electron chi connectivity index (χ3n) is 4.48. The minimum Gasteiger partial charge on any atom is -0.350 e. The Morgan fingerprint density at radius 2 is 1.72 bits per heavy atom. The highest BCUT2D eigenvalue weighted by Crippen LogP contribution is 2.22. The Morgan fingerprint density at radius 3 is 2.45 bits per heavy atom. The molecule has 4 aromatic rings. The van der Waals surface area contributed by atoms with Crippen molar-refractivity contribution in [2.75, 3.05) is 6.54 Å². The Morgan fingerprint density at radius 1 is 0.966 bits per heavy atom. The van der Waals surface area contributed by atoms with Crippen LogP contribution in [0.4, 0.5) is 0 Å². The average Bonchev–Trinajstić information content (AvgIpc) is 3.21. The molecule has 144 valence electrons. The van der Waals surface area contributed by atoms with Gasteiger partial charge in [0.2, 0.25) is 0 Å². The molecule has 0 radical (unpaired) electrons. The van der Waals surface area contributed by atoms with Gasteiger partial charge >= 0.3 is 0 Å². The number of carbonyl (C=O) groups is 1. The number of benzene rings is 2. The summed E-state index contributed by atoms with van der Waals surface area (Å²) >= 11 is 6.01. The molecule has 2 heterocycles. The number of hydrogen-bond acceptors (Lipinski definition) is 3. The maximum absolute atomic E-state index is 12.9. The van der Waals surface area contributed by atoms with Crippen molar-refractivity contribution in [1.82, 2.24) is 20.1 Å². The van der Waals surface area contributed by atoms with Crippen LogP contribution in [0.1, 0.15) is 16.2 Å². The van der Waals surface area contributed by atoms with Gasteiger partial charge in [-0.25, -0.2) is 4.68 Å². The van der Waals surface area contributed by atoms with Gasteiger partial charge in [-0.05, 0) is 42.5 Å². The zero-order valence-corrected chi connectivity index (χ0v) is 16.4. The van der Waals surface area contributed by atoms with E-state index >= 15 is 0 Å². The molecule has 1 amide bonds. The molecule has 0 atom stereocenters. The summed E-state index contributed by atoms with van der Waals surface area (Å²) in [5, 5.41) is 8.27. The normalized spacial score (nSPS) is 10.7. The van der Waals surface area contributed by atoms with Gasteiger partial charge in [-0.3, -0.25) is 9.78 Å². The first kappa shape index (κ1) is 18.9. The van der Waals surface area contributed by atoms with Crippen molar-refractivity contribution < 1.29 is 4.79 Å². The number of carbonyl (C=O) groups excluding carboxylic acids is 1. The molecule has 29 heavy (non-hydrogen) atoms. The van der Waals surface area contributed by atoms with E-state index in [0.717, 1.165) is 22.6 Å². The van der Waals surface area contributed by atoms with Crippen molar-refractivity contribution in [2.24, 2.45) is 0 Å². The Balaban J connectivity index is 1.60. The number of pyridine rings is 1. The molecule has 6 heteroatoms. The summed E-state index contributed by atoms with van der Waals surface area (Å²) in [4.78, 5) is 17.2. The van der Waals surface area contributed by atoms with Crippen LogP contribution in [0, 0.1) is 0 Å². The summed E-state index contributed by atoms with van der Waals surface area (Å²) < 4.78 is 1.65. The zero-order chi connectivity index (χ0) is 20.1. The van der Waals surface area contributed by atoms with E-state index in [0.29, 0.717) is 23.7 Å². The molecule has 0 aliphatic heterocycles. The van der Waals surface area contributed by atoms with Crippen LogP contribution < -0.4 is 5.32 Å². The molecule has 4 rings (SSSR count). The number of amides is 1. The second kappa shape index (κ2) is 8.71. The fourth-order valence-corrected chi connectivity index (χ4v) is 3.14. The maximum atomic E-state index is 12.9. The molecule has 0 fully saturated rings. The van der Waals surface area contributed by atoms with Crippen molar-refractivity contribution in [1.29, 1.82) is 0 Å². The molecule has 5 nitrogen and oxygen atoms in total. The van der Waals surface area contributed by atoms with E-state index in [9.17, 15) is 4.79 Å². The molecular formula is C23H19ClN4O. The van der Waals surface area contributed by atoms with Crippen LogP contribution in [0.15, 0.2) is 85.1 Å². The van der Waals surface area contributed by atoms with Gasteiger partial charge < -0.3 is 5.32 Å². The van der Waals surface area contributed by atoms with Gasteiger partial charge in [0, 0.05) is 35.4 Å². The molecule has 0 aliphatic rings. The number of nitrogens with zero attached hydrogens (tertiary/aromatic N) is 3. The van der Waals surface area contributed by atoms with Crippen molar-refractivity contribution >= 4 is 17.5 Å². The summed E-state index contributed by atoms with van der Waals surface area (Å²) in [6.07, 6.45) is 2.41. The lowest BCUT2D eigenvalue weighted by Crippen LogP contribution is -2.28. The summed E-state index contributed by atoms with van der Waals surface area (Å²) in [6.45, 7) is 0.488. The Labute approximate surface area is 174 Å². The van der Waals surface area contributed by atoms with Crippen molar-refractivity contribution in [3.8, 4) is 16.9 Å². The van der Waals surface area contributed by atoms with Crippen LogP contribution in [0.25, 0.3) is 16.9 Å². The second-order valence-corrected chi connectivity index (χ2v) is 6.93. The van der Waals surface area contributed by atoms with Gasteiger partial charge in [0.05, 0.1) is 11.4 Å². The lowest BCUT2D eigenvalue weighted by Gasteiger charge is -2.08. The first-order valence-electron chi connectivity index (χ1n) is 9.30. The first-order valence-corrected chi connectivity index (χ1v) is 9.68. The lowest BCUT2D eigenvalue weighted by atomic mass is 10.1. The quantitative estimate of drug-likeness (QED) is 0.514. The topological polar surface area (TPSA) is 59.8 Å². The van der Waals surface area contributed by atoms with E-state index < -0.39 is 0 Å². The van der Waals surface area contributed by atoms with E-state index in [1.807, 2.05) is 60.7 Å². The van der Waals surface area contributed by atoms with Gasteiger partial charge in [-0.15, -0.1) is 0 Å². The monoisotopic (exact) mass is 402 g/mol. The standard InChI is InChI=1S/C23H19ClN4O/c24-18-9-11-20(12-10-18)28-22(16-21(27-28)17-6-2-1-3-7-17)23(29)26-15-13-19-8-4-5-14-25-19/h1-12,14,16H,13,15H2,(H,26,29). The van der Waals surface area contributed by atoms with Crippen LogP contribution in [0.5, 0.6) is 0 Å². The van der Waals surface area contributed by atoms with Gasteiger partial charge in [-0.2, -0.15) is 5.10 Å². The smallest absolute Gasteiger partial charge is 0.270 e. The number of rotatable bonds is 6. The molecule has 0 aliphatic carbocycles. The molecule has 1 N–H and O–H groups in total. The number of halogens is 1. The van der Waals surface area contributed by atoms with Crippen LogP contribution in [0.3, 0.4) is 0 Å². The van der Waals surface area contributed by atoms with E-state index in [1.54, 1.807) is 29.1 Å². The summed E-state index contributed by atoms with van der Waals surface area (Å²) in [7, 11) is 0. The molecule has 0 unspecified atom stereocenters. The van der Waals surface area contributed by atoms with Crippen molar-refractivity contribution in [3.05, 3.63) is 101 Å². The highest BCUT2D eigenvalue weighted by molar-refractivity contribution is 6.30. The lowest BCUT2D eigenvalue weighted by molar-refractivity contribution is 0.0946. The maximum Gasteiger partial charge on any atom is 0.270 e. The Kier molecular flexibility index (Phi) is 5.68. The van der Waals surface area contributed by atoms with Crippen molar-refractivity contribution in [3.63, 3.8) is 0 Å². The van der Waals surface area contributed by atoms with Gasteiger partial charge in [0.25, 0.3) is 5.91 Å². The predicted molar refractivity (Wildman–Crippen MR) is 114 cm³/mol. The molecule has 2 aromatic heterocycles. The van der Waals surface area contributed by atoms with Crippen molar-refractivity contribution in [2.45, 2.75) is 6.42 Å². The van der Waals surface area contributed by atoms with Crippen LogP contribution in [0.2, 0.25) is 5.02 Å². The van der Waals surface area contributed by atoms with Crippen LogP contribution >= 0.6 is 11.6 Å². The van der Waals surface area contributed by atoms with E-state index in [-0.39, 0.29) is 5.91 Å². The Bertz CT molecular complexity index is 1090. The molecule has 2 aromatic carbocycles. The SMILES string of the molecule is O=C(NCCc1ccccn1)c1cc(-c2ccccc2)nn1-c1ccc(Cl)cc1. The molecule has 0 saturated heterocycles. The molecule has 0 saturated carbocycles. The summed E-state index contributed by atoms with van der Waals surface area (Å²) in [6, 6.07) is 24.6. The zero-order valence-electron chi connectivity index (χ0n) is 15.6. The molecule has 0 spiro atoms. The second-order valence-electron chi connectivity index (χ2n) is 6.50. The van der Waals surface area contributed by atoms with Gasteiger partial charge in [0.1, 0.15) is 5.69 Å². The van der Waals surface area contributed by atoms with Crippen LogP contribution in [-0.4, -0.2) is 27.2 Å². The minimum atomic E-state index is -0.189. The molecular weight excluding hydrogens is 384 g/mol. The third kappa shape index (κ3) is 4.52. The molecule has 0 bridgehead atoms. The highest BCUT2D eigenvalue weighted by atomic mass is 35.5. The number of hydrogen-bond donors (Lipinski definition) is 1. The highest BCUT2D eigenvalue weighted by Gasteiger charge is 2.17. The third-order valence-corrected chi connectivity index (χ3v) is 4.73. The summed E-state index contributed by atoms with van der Waals surface area (Å²) in [5.41, 5.74) is 3.85.